The number of hydrogen-bond acceptors (Lipinski definition) is 7. The van der Waals surface area contributed by atoms with Crippen molar-refractivity contribution in [3.05, 3.63) is 43.5 Å². The molecule has 11 nitrogen and oxygen atoms in total. The van der Waals surface area contributed by atoms with E-state index in [1.165, 1.54) is 0 Å². The van der Waals surface area contributed by atoms with Gasteiger partial charge in [-0.05, 0) is 18.4 Å². The second kappa shape index (κ2) is 6.94. The summed E-state index contributed by atoms with van der Waals surface area (Å²) >= 11 is 0. The third kappa shape index (κ3) is 3.28. The van der Waals surface area contributed by atoms with Crippen molar-refractivity contribution in [1.29, 1.82) is 0 Å². The molecule has 4 N–H and O–H groups in total. The number of ether oxygens (including phenoxy) is 1. The molecular formula is C12H17N5O6. The smallest absolute Gasteiger partial charge is 0.330 e. The fourth-order valence-electron chi connectivity index (χ4n) is 2.61. The number of nitrogens with zero attached hydrogens (tertiary/aromatic N) is 4. The van der Waals surface area contributed by atoms with E-state index in [-0.39, 0.29) is 13.0 Å². The Morgan fingerprint density at radius 3 is 2.83 bits per heavy atom. The molecule has 23 heavy (non-hydrogen) atoms. The predicted molar refractivity (Wildman–Crippen MR) is 76.5 cm³/mol. The Morgan fingerprint density at radius 1 is 1.48 bits per heavy atom. The van der Waals surface area contributed by atoms with Crippen LogP contribution in [0, 0.1) is 0 Å². The minimum absolute atomic E-state index is 0.106. The van der Waals surface area contributed by atoms with Gasteiger partial charge >= 0.3 is 5.69 Å². The van der Waals surface area contributed by atoms with Crippen LogP contribution in [-0.4, -0.2) is 55.8 Å². The quantitative estimate of drug-likeness (QED) is 0.216. The molecule has 0 spiro atoms. The van der Waals surface area contributed by atoms with Crippen molar-refractivity contribution in [3.8, 4) is 0 Å². The Hall–Kier alpha value is -2.17. The second-order valence-electron chi connectivity index (χ2n) is 5.24. The standard InChI is InChI=1S/C12H17N5O6/c13-16-14-4-1-3-12(6-18)9(21)8(20)10(23-12)17-5-2-7(19)15-11(17)22/h2,5,8-10,18,20-21H,1,3-4,6H2,(H,15,19,22)/t8-,9+,10+,12+/m0/s1. The third-order valence-electron chi connectivity index (χ3n) is 3.82. The highest BCUT2D eigenvalue weighted by molar-refractivity contribution is 5.02. The van der Waals surface area contributed by atoms with E-state index in [9.17, 15) is 24.9 Å². The first-order chi connectivity index (χ1) is 10.9. The molecular weight excluding hydrogens is 310 g/mol. The molecule has 2 heterocycles. The minimum atomic E-state index is -1.50. The van der Waals surface area contributed by atoms with E-state index >= 15 is 0 Å². The van der Waals surface area contributed by atoms with Crippen molar-refractivity contribution in [3.63, 3.8) is 0 Å². The van der Waals surface area contributed by atoms with Crippen LogP contribution in [0.25, 0.3) is 10.4 Å². The zero-order valence-corrected chi connectivity index (χ0v) is 12.1. The Balaban J connectivity index is 2.26. The van der Waals surface area contributed by atoms with Crippen LogP contribution in [-0.2, 0) is 4.74 Å². The first kappa shape index (κ1) is 17.2. The molecule has 0 unspecified atom stereocenters. The summed E-state index contributed by atoms with van der Waals surface area (Å²) in [4.78, 5) is 27.5. The average molecular weight is 327 g/mol. The Morgan fingerprint density at radius 2 is 2.22 bits per heavy atom. The van der Waals surface area contributed by atoms with E-state index in [0.717, 1.165) is 16.8 Å². The molecule has 1 saturated heterocycles. The lowest BCUT2D eigenvalue weighted by molar-refractivity contribution is -0.133. The lowest BCUT2D eigenvalue weighted by Crippen LogP contribution is -2.46. The maximum Gasteiger partial charge on any atom is 0.330 e. The number of aromatic amines is 1. The van der Waals surface area contributed by atoms with Crippen molar-refractivity contribution >= 4 is 0 Å². The number of aliphatic hydroxyl groups excluding tert-OH is 3. The van der Waals surface area contributed by atoms with Crippen LogP contribution in [0.2, 0.25) is 0 Å². The van der Waals surface area contributed by atoms with Crippen LogP contribution >= 0.6 is 0 Å². The van der Waals surface area contributed by atoms with Crippen molar-refractivity contribution in [1.82, 2.24) is 9.55 Å². The van der Waals surface area contributed by atoms with E-state index in [4.69, 9.17) is 10.3 Å². The van der Waals surface area contributed by atoms with Crippen LogP contribution in [0.5, 0.6) is 0 Å². The molecule has 1 aliphatic heterocycles. The van der Waals surface area contributed by atoms with Gasteiger partial charge in [0, 0.05) is 23.7 Å². The van der Waals surface area contributed by atoms with Crippen LogP contribution in [0.3, 0.4) is 0 Å². The molecule has 0 radical (unpaired) electrons. The molecule has 0 bridgehead atoms. The Bertz CT molecular complexity index is 710. The summed E-state index contributed by atoms with van der Waals surface area (Å²) in [6, 6.07) is 1.07. The van der Waals surface area contributed by atoms with E-state index in [1.807, 2.05) is 4.98 Å². The van der Waals surface area contributed by atoms with Gasteiger partial charge in [0.25, 0.3) is 5.56 Å². The SMILES string of the molecule is [N-]=[N+]=NCCC[C@]1(CO)O[C@@H](n2ccc(=O)[nH]c2=O)[C@@H](O)[C@H]1O. The zero-order valence-electron chi connectivity index (χ0n) is 12.1. The largest absolute Gasteiger partial charge is 0.393 e. The normalized spacial score (nSPS) is 30.1. The third-order valence-corrected chi connectivity index (χ3v) is 3.82. The molecule has 1 aromatic rings. The van der Waals surface area contributed by atoms with E-state index in [1.54, 1.807) is 0 Å². The number of rotatable bonds is 6. The minimum Gasteiger partial charge on any atom is -0.393 e. The van der Waals surface area contributed by atoms with Crippen LogP contribution in [0.15, 0.2) is 27.0 Å². The van der Waals surface area contributed by atoms with Gasteiger partial charge in [0.15, 0.2) is 6.23 Å². The van der Waals surface area contributed by atoms with Gasteiger partial charge in [-0.25, -0.2) is 4.79 Å². The summed E-state index contributed by atoms with van der Waals surface area (Å²) in [5, 5.41) is 33.3. The van der Waals surface area contributed by atoms with Crippen molar-refractivity contribution < 1.29 is 20.1 Å². The number of aromatic nitrogens is 2. The van der Waals surface area contributed by atoms with Crippen LogP contribution in [0.4, 0.5) is 0 Å². The number of H-pyrrole nitrogens is 1. The predicted octanol–water partition coefficient (Wildman–Crippen LogP) is -1.39. The fraction of sp³-hybridized carbons (Fsp3) is 0.667. The van der Waals surface area contributed by atoms with Gasteiger partial charge in [0.1, 0.15) is 17.8 Å². The highest BCUT2D eigenvalue weighted by atomic mass is 16.6. The van der Waals surface area contributed by atoms with Gasteiger partial charge in [0.2, 0.25) is 0 Å². The fourth-order valence-corrected chi connectivity index (χ4v) is 2.61. The molecule has 2 rings (SSSR count). The highest BCUT2D eigenvalue weighted by Crippen LogP contribution is 2.39. The molecule has 0 saturated carbocycles. The van der Waals surface area contributed by atoms with Gasteiger partial charge in [-0.15, -0.1) is 0 Å². The molecule has 1 aromatic heterocycles. The molecule has 0 aromatic carbocycles. The molecule has 0 amide bonds. The number of nitrogens with one attached hydrogen (secondary N) is 1. The summed E-state index contributed by atoms with van der Waals surface area (Å²) < 4.78 is 6.50. The number of aliphatic hydroxyl groups is 3. The topological polar surface area (TPSA) is 174 Å². The molecule has 0 aliphatic carbocycles. The first-order valence-corrected chi connectivity index (χ1v) is 6.92. The molecule has 11 heteroatoms. The number of hydrogen-bond donors (Lipinski definition) is 4. The van der Waals surface area contributed by atoms with Crippen molar-refractivity contribution in [2.75, 3.05) is 13.2 Å². The maximum absolute atomic E-state index is 11.8. The van der Waals surface area contributed by atoms with Gasteiger partial charge < -0.3 is 20.1 Å². The van der Waals surface area contributed by atoms with Gasteiger partial charge in [0.05, 0.1) is 6.61 Å². The van der Waals surface area contributed by atoms with Gasteiger partial charge in [-0.1, -0.05) is 5.11 Å². The molecule has 1 aliphatic rings. The van der Waals surface area contributed by atoms with Crippen molar-refractivity contribution in [2.45, 2.75) is 36.9 Å². The highest BCUT2D eigenvalue weighted by Gasteiger charge is 2.54. The van der Waals surface area contributed by atoms with Gasteiger partial charge in [-0.2, -0.15) is 0 Å². The first-order valence-electron chi connectivity index (χ1n) is 6.92. The Labute approximate surface area is 129 Å². The molecule has 4 atom stereocenters. The second-order valence-corrected chi connectivity index (χ2v) is 5.24. The summed E-state index contributed by atoms with van der Waals surface area (Å²) in [6.07, 6.45) is -2.65. The average Bonchev–Trinajstić information content (AvgIpc) is 2.77. The van der Waals surface area contributed by atoms with Crippen LogP contribution in [0.1, 0.15) is 19.1 Å². The lowest BCUT2D eigenvalue weighted by Gasteiger charge is -2.29. The monoisotopic (exact) mass is 327 g/mol. The number of azide groups is 1. The van der Waals surface area contributed by atoms with E-state index in [0.29, 0.717) is 6.42 Å². The maximum atomic E-state index is 11.8. The summed E-state index contributed by atoms with van der Waals surface area (Å²) in [6.45, 7) is -0.468. The van der Waals surface area contributed by atoms with E-state index in [2.05, 4.69) is 10.0 Å². The molecule has 126 valence electrons. The summed E-state index contributed by atoms with van der Waals surface area (Å²) in [7, 11) is 0. The van der Waals surface area contributed by atoms with Crippen LogP contribution < -0.4 is 11.2 Å². The summed E-state index contributed by atoms with van der Waals surface area (Å²) in [5.41, 5.74) is 5.33. The summed E-state index contributed by atoms with van der Waals surface area (Å²) in [5.74, 6) is 0. The van der Waals surface area contributed by atoms with E-state index < -0.39 is 41.9 Å². The van der Waals surface area contributed by atoms with Crippen molar-refractivity contribution in [2.24, 2.45) is 5.11 Å². The zero-order chi connectivity index (χ0) is 17.0. The molecule has 1 fully saturated rings. The Kier molecular flexibility index (Phi) is 5.19. The van der Waals surface area contributed by atoms with Gasteiger partial charge in [-0.3, -0.25) is 14.3 Å². The lowest BCUT2D eigenvalue weighted by atomic mass is 9.91.